The van der Waals surface area contributed by atoms with Crippen LogP contribution in [0.1, 0.15) is 6.92 Å². The molecule has 2 unspecified atom stereocenters. The zero-order valence-corrected chi connectivity index (χ0v) is 42.7. The molecule has 14 rings (SSSR count). The third-order valence-electron chi connectivity index (χ3n) is 15.5. The summed E-state index contributed by atoms with van der Waals surface area (Å²) in [6.07, 6.45) is 5.00. The highest BCUT2D eigenvalue weighted by molar-refractivity contribution is 6.10. The van der Waals surface area contributed by atoms with E-state index in [0.717, 1.165) is 45.3 Å². The lowest BCUT2D eigenvalue weighted by molar-refractivity contribution is 0.658. The molecule has 0 aliphatic heterocycles. The Morgan fingerprint density at radius 2 is 0.740 bits per heavy atom. The van der Waals surface area contributed by atoms with E-state index < -0.39 is 0 Å². The van der Waals surface area contributed by atoms with Gasteiger partial charge in [0.1, 0.15) is 0 Å². The van der Waals surface area contributed by atoms with E-state index in [4.69, 9.17) is 0 Å². The lowest BCUT2D eigenvalue weighted by Crippen LogP contribution is -2.43. The van der Waals surface area contributed by atoms with Crippen LogP contribution < -0.4 is 20.4 Å². The van der Waals surface area contributed by atoms with Crippen molar-refractivity contribution < 1.29 is 0 Å². The fourth-order valence-electron chi connectivity index (χ4n) is 11.9. The molecular formula is C73H54N4. The standard InChI is InChI=1S/C73H54N4/c1-51-46-73-68(66-33-15-17-35-70(66)77(73)59-28-12-5-13-29-59)50-72(51)75(63-31-19-25-57(48-63)53-22-8-3-9-23-53)61-42-38-55(39-43-61)54-36-40-60(41-37-54)74(62-30-18-24-56(47-62)52-20-6-2-7-21-52)64-44-45-71-67(49-64)65-32-14-16-34-69(65)76(71)58-26-10-4-11-27-58/h2-51,72H,1H3. The van der Waals surface area contributed by atoms with Gasteiger partial charge in [-0.15, -0.1) is 0 Å². The predicted molar refractivity (Wildman–Crippen MR) is 325 cm³/mol. The molecule has 0 spiro atoms. The SMILES string of the molecule is CC1C=c2c(c3ccccc3n2-c2ccccc2)=CC1N(c1ccc(-c2ccc(N(c3cccc(-c4ccccc4)c3)c3ccc4c(c3)c3ccccc3n4-c3ccccc3)cc2)cc1)c1cccc(-c2ccccc2)c1. The molecule has 0 amide bonds. The average molecular weight is 987 g/mol. The molecule has 366 valence electrons. The lowest BCUT2D eigenvalue weighted by Gasteiger charge is -2.36. The highest BCUT2D eigenvalue weighted by Crippen LogP contribution is 2.42. The van der Waals surface area contributed by atoms with E-state index in [2.05, 4.69) is 323 Å². The van der Waals surface area contributed by atoms with Gasteiger partial charge in [-0.1, -0.05) is 201 Å². The number of para-hydroxylation sites is 4. The molecule has 1 aliphatic carbocycles. The number of benzene rings is 11. The van der Waals surface area contributed by atoms with Gasteiger partial charge in [-0.2, -0.15) is 0 Å². The van der Waals surface area contributed by atoms with E-state index in [1.807, 2.05) is 0 Å². The Kier molecular flexibility index (Phi) is 11.5. The minimum Gasteiger partial charge on any atom is -0.334 e. The fraction of sp³-hybridized carbons (Fsp3) is 0.0411. The number of nitrogens with zero attached hydrogens (tertiary/aromatic N) is 4. The molecule has 11 aromatic carbocycles. The highest BCUT2D eigenvalue weighted by Gasteiger charge is 2.28. The molecule has 4 nitrogen and oxygen atoms in total. The molecule has 4 heteroatoms. The topological polar surface area (TPSA) is 16.3 Å². The Bertz CT molecular complexity index is 4390. The van der Waals surface area contributed by atoms with Gasteiger partial charge in [-0.3, -0.25) is 0 Å². The van der Waals surface area contributed by atoms with E-state index in [9.17, 15) is 0 Å². The summed E-state index contributed by atoms with van der Waals surface area (Å²) in [7, 11) is 0. The molecular weight excluding hydrogens is 933 g/mol. The van der Waals surface area contributed by atoms with Crippen molar-refractivity contribution in [2.45, 2.75) is 13.0 Å². The molecule has 77 heavy (non-hydrogen) atoms. The second-order valence-electron chi connectivity index (χ2n) is 20.2. The molecule has 0 bridgehead atoms. The third kappa shape index (κ3) is 8.28. The van der Waals surface area contributed by atoms with Gasteiger partial charge in [0, 0.05) is 67.1 Å². The van der Waals surface area contributed by atoms with Crippen LogP contribution in [0.3, 0.4) is 0 Å². The van der Waals surface area contributed by atoms with Crippen LogP contribution in [0.4, 0.5) is 28.4 Å². The maximum atomic E-state index is 2.55. The van der Waals surface area contributed by atoms with Gasteiger partial charge in [0.2, 0.25) is 0 Å². The normalized spacial score (nSPS) is 14.0. The van der Waals surface area contributed by atoms with Crippen LogP contribution in [0.5, 0.6) is 0 Å². The molecule has 2 atom stereocenters. The largest absolute Gasteiger partial charge is 0.334 e. The molecule has 2 heterocycles. The van der Waals surface area contributed by atoms with Crippen LogP contribution in [0.2, 0.25) is 0 Å². The summed E-state index contributed by atoms with van der Waals surface area (Å²) in [5, 5.41) is 6.21. The van der Waals surface area contributed by atoms with E-state index >= 15 is 0 Å². The summed E-state index contributed by atoms with van der Waals surface area (Å²) in [5.41, 5.74) is 18.5. The molecule has 0 saturated carbocycles. The minimum atomic E-state index is 0.0363. The zero-order chi connectivity index (χ0) is 51.2. The first-order valence-electron chi connectivity index (χ1n) is 26.7. The fourth-order valence-corrected chi connectivity index (χ4v) is 11.9. The maximum absolute atomic E-state index is 2.55. The Morgan fingerprint density at radius 3 is 1.36 bits per heavy atom. The average Bonchev–Trinajstić information content (AvgIpc) is 4.12. The third-order valence-corrected chi connectivity index (χ3v) is 15.5. The van der Waals surface area contributed by atoms with Crippen LogP contribution in [0.15, 0.2) is 285 Å². The van der Waals surface area contributed by atoms with Gasteiger partial charge < -0.3 is 18.9 Å². The van der Waals surface area contributed by atoms with Gasteiger partial charge in [0.05, 0.1) is 27.9 Å². The number of aromatic nitrogens is 2. The van der Waals surface area contributed by atoms with Gasteiger partial charge in [0.15, 0.2) is 0 Å². The van der Waals surface area contributed by atoms with Crippen LogP contribution in [-0.2, 0) is 0 Å². The maximum Gasteiger partial charge on any atom is 0.0592 e. The summed E-state index contributed by atoms with van der Waals surface area (Å²) < 4.78 is 4.81. The van der Waals surface area contributed by atoms with E-state index in [1.165, 1.54) is 71.2 Å². The summed E-state index contributed by atoms with van der Waals surface area (Å²) in [5.74, 6) is 0.182. The number of rotatable bonds is 11. The second kappa shape index (κ2) is 19.4. The molecule has 0 fully saturated rings. The summed E-state index contributed by atoms with van der Waals surface area (Å²) in [4.78, 5) is 4.95. The van der Waals surface area contributed by atoms with Crippen molar-refractivity contribution in [3.05, 3.63) is 296 Å². The van der Waals surface area contributed by atoms with Crippen LogP contribution in [0, 0.1) is 5.92 Å². The number of anilines is 5. The Labute approximate surface area is 449 Å². The zero-order valence-electron chi connectivity index (χ0n) is 42.7. The number of fused-ring (bicyclic) bond motifs is 6. The predicted octanol–water partition coefficient (Wildman–Crippen LogP) is 17.6. The van der Waals surface area contributed by atoms with Crippen molar-refractivity contribution in [3.8, 4) is 44.8 Å². The van der Waals surface area contributed by atoms with Crippen molar-refractivity contribution in [3.63, 3.8) is 0 Å². The Balaban J connectivity index is 0.858. The van der Waals surface area contributed by atoms with E-state index in [-0.39, 0.29) is 12.0 Å². The molecule has 2 aromatic heterocycles. The van der Waals surface area contributed by atoms with Crippen molar-refractivity contribution in [1.82, 2.24) is 9.13 Å². The van der Waals surface area contributed by atoms with E-state index in [0.29, 0.717) is 0 Å². The number of hydrogen-bond donors (Lipinski definition) is 0. The number of hydrogen-bond acceptors (Lipinski definition) is 2. The van der Waals surface area contributed by atoms with Crippen LogP contribution in [0.25, 0.3) is 89.6 Å². The van der Waals surface area contributed by atoms with Crippen molar-refractivity contribution in [2.24, 2.45) is 5.92 Å². The molecule has 0 radical (unpaired) electrons. The smallest absolute Gasteiger partial charge is 0.0592 e. The van der Waals surface area contributed by atoms with E-state index in [1.54, 1.807) is 0 Å². The first kappa shape index (κ1) is 45.7. The molecule has 13 aromatic rings. The van der Waals surface area contributed by atoms with Crippen molar-refractivity contribution in [1.29, 1.82) is 0 Å². The quantitative estimate of drug-likeness (QED) is 0.128. The van der Waals surface area contributed by atoms with Gasteiger partial charge in [-0.25, -0.2) is 0 Å². The summed E-state index contributed by atoms with van der Waals surface area (Å²) >= 11 is 0. The first-order valence-corrected chi connectivity index (χ1v) is 26.7. The minimum absolute atomic E-state index is 0.0363. The highest BCUT2D eigenvalue weighted by atomic mass is 15.2. The first-order chi connectivity index (χ1) is 38.1. The summed E-state index contributed by atoms with van der Waals surface area (Å²) in [6, 6.07) is 104. The van der Waals surface area contributed by atoms with Crippen LogP contribution >= 0.6 is 0 Å². The van der Waals surface area contributed by atoms with Crippen molar-refractivity contribution >= 4 is 73.3 Å². The summed E-state index contributed by atoms with van der Waals surface area (Å²) in [6.45, 7) is 2.36. The Morgan fingerprint density at radius 1 is 0.299 bits per heavy atom. The molecule has 0 saturated heterocycles. The van der Waals surface area contributed by atoms with Crippen LogP contribution in [-0.4, -0.2) is 15.2 Å². The van der Waals surface area contributed by atoms with Gasteiger partial charge in [-0.05, 0) is 137 Å². The monoisotopic (exact) mass is 986 g/mol. The molecule has 0 N–H and O–H groups in total. The van der Waals surface area contributed by atoms with Gasteiger partial charge in [0.25, 0.3) is 0 Å². The van der Waals surface area contributed by atoms with Gasteiger partial charge >= 0.3 is 0 Å². The lowest BCUT2D eigenvalue weighted by atomic mass is 9.92. The second-order valence-corrected chi connectivity index (χ2v) is 20.2. The van der Waals surface area contributed by atoms with Crippen molar-refractivity contribution in [2.75, 3.05) is 9.80 Å². The Hall–Kier alpha value is -9.90. The molecule has 1 aliphatic rings.